The molecular formula is C13H19ClN4O. The first-order valence-electron chi connectivity index (χ1n) is 6.67. The van der Waals surface area contributed by atoms with Gasteiger partial charge in [-0.05, 0) is 38.4 Å². The molecule has 0 spiro atoms. The van der Waals surface area contributed by atoms with E-state index in [2.05, 4.69) is 27.1 Å². The summed E-state index contributed by atoms with van der Waals surface area (Å²) in [6.07, 6.45) is 5.06. The van der Waals surface area contributed by atoms with E-state index in [1.807, 2.05) is 0 Å². The van der Waals surface area contributed by atoms with Gasteiger partial charge < -0.3 is 10.2 Å². The zero-order valence-electron chi connectivity index (χ0n) is 11.1. The Morgan fingerprint density at radius 3 is 2.74 bits per heavy atom. The first-order chi connectivity index (χ1) is 9.19. The standard InChI is InChI=1S/C13H19ClN4O/c1-2-18-5-3-10(4-6-18)7-17-13(19)11-8-16-12(14)9-15-11/h8-10H,2-7H2,1H3,(H,17,19). The Labute approximate surface area is 118 Å². The van der Waals surface area contributed by atoms with E-state index in [9.17, 15) is 4.79 Å². The van der Waals surface area contributed by atoms with Gasteiger partial charge in [0, 0.05) is 6.54 Å². The average Bonchev–Trinajstić information content (AvgIpc) is 2.46. The zero-order valence-corrected chi connectivity index (χ0v) is 11.9. The largest absolute Gasteiger partial charge is 0.350 e. The number of halogens is 1. The van der Waals surface area contributed by atoms with Crippen LogP contribution in [0.2, 0.25) is 5.15 Å². The summed E-state index contributed by atoms with van der Waals surface area (Å²) < 4.78 is 0. The molecule has 0 radical (unpaired) electrons. The Balaban J connectivity index is 1.76. The molecule has 1 aromatic rings. The van der Waals surface area contributed by atoms with Crippen molar-refractivity contribution in [1.82, 2.24) is 20.2 Å². The molecule has 1 amide bonds. The molecular weight excluding hydrogens is 264 g/mol. The number of hydrogen-bond acceptors (Lipinski definition) is 4. The van der Waals surface area contributed by atoms with Gasteiger partial charge in [-0.25, -0.2) is 9.97 Å². The molecule has 0 aliphatic carbocycles. The monoisotopic (exact) mass is 282 g/mol. The highest BCUT2D eigenvalue weighted by Crippen LogP contribution is 2.15. The number of carbonyl (C=O) groups excluding carboxylic acids is 1. The second-order valence-electron chi connectivity index (χ2n) is 4.81. The van der Waals surface area contributed by atoms with Crippen molar-refractivity contribution in [2.24, 2.45) is 5.92 Å². The molecule has 2 rings (SSSR count). The van der Waals surface area contributed by atoms with Crippen LogP contribution in [0.1, 0.15) is 30.3 Å². The third kappa shape index (κ3) is 4.14. The number of aromatic nitrogens is 2. The normalized spacial score (nSPS) is 17.4. The second-order valence-corrected chi connectivity index (χ2v) is 5.20. The highest BCUT2D eigenvalue weighted by Gasteiger charge is 2.19. The van der Waals surface area contributed by atoms with Gasteiger partial charge in [0.2, 0.25) is 0 Å². The molecule has 0 aromatic carbocycles. The number of amides is 1. The van der Waals surface area contributed by atoms with Crippen molar-refractivity contribution in [3.63, 3.8) is 0 Å². The SMILES string of the molecule is CCN1CCC(CNC(=O)c2cnc(Cl)cn2)CC1. The maximum absolute atomic E-state index is 11.9. The summed E-state index contributed by atoms with van der Waals surface area (Å²) in [5.41, 5.74) is 0.315. The molecule has 2 heterocycles. The Hall–Kier alpha value is -1.20. The first-order valence-corrected chi connectivity index (χ1v) is 7.05. The van der Waals surface area contributed by atoms with Crippen LogP contribution in [0.15, 0.2) is 12.4 Å². The van der Waals surface area contributed by atoms with E-state index >= 15 is 0 Å². The van der Waals surface area contributed by atoms with E-state index in [1.54, 1.807) is 0 Å². The van der Waals surface area contributed by atoms with E-state index in [4.69, 9.17) is 11.6 Å². The van der Waals surface area contributed by atoms with E-state index in [0.29, 0.717) is 23.3 Å². The van der Waals surface area contributed by atoms with Gasteiger partial charge in [-0.15, -0.1) is 0 Å². The maximum atomic E-state index is 11.9. The molecule has 1 fully saturated rings. The minimum atomic E-state index is -0.179. The summed E-state index contributed by atoms with van der Waals surface area (Å²) in [5.74, 6) is 0.383. The van der Waals surface area contributed by atoms with Crippen molar-refractivity contribution in [3.8, 4) is 0 Å². The van der Waals surface area contributed by atoms with Crippen LogP contribution in [0.25, 0.3) is 0 Å². The third-order valence-corrected chi connectivity index (χ3v) is 3.75. The van der Waals surface area contributed by atoms with Gasteiger partial charge in [0.15, 0.2) is 0 Å². The maximum Gasteiger partial charge on any atom is 0.271 e. The number of carbonyl (C=O) groups is 1. The fourth-order valence-electron chi connectivity index (χ4n) is 2.26. The van der Waals surface area contributed by atoms with Crippen molar-refractivity contribution in [3.05, 3.63) is 23.2 Å². The van der Waals surface area contributed by atoms with E-state index in [-0.39, 0.29) is 5.91 Å². The molecule has 0 atom stereocenters. The number of nitrogens with one attached hydrogen (secondary N) is 1. The quantitative estimate of drug-likeness (QED) is 0.911. The van der Waals surface area contributed by atoms with Crippen LogP contribution in [0, 0.1) is 5.92 Å². The van der Waals surface area contributed by atoms with Crippen molar-refractivity contribution < 1.29 is 4.79 Å². The number of nitrogens with zero attached hydrogens (tertiary/aromatic N) is 3. The highest BCUT2D eigenvalue weighted by molar-refractivity contribution is 6.29. The summed E-state index contributed by atoms with van der Waals surface area (Å²) in [7, 11) is 0. The summed E-state index contributed by atoms with van der Waals surface area (Å²) in [6.45, 7) is 6.25. The van der Waals surface area contributed by atoms with Gasteiger partial charge in [0.25, 0.3) is 5.91 Å². The molecule has 0 bridgehead atoms. The average molecular weight is 283 g/mol. The van der Waals surface area contributed by atoms with Crippen LogP contribution in [0.4, 0.5) is 0 Å². The molecule has 104 valence electrons. The lowest BCUT2D eigenvalue weighted by Crippen LogP contribution is -2.38. The van der Waals surface area contributed by atoms with Crippen LogP contribution in [-0.2, 0) is 0 Å². The van der Waals surface area contributed by atoms with Crippen LogP contribution in [0.5, 0.6) is 0 Å². The number of piperidine rings is 1. The Morgan fingerprint density at radius 1 is 1.42 bits per heavy atom. The van der Waals surface area contributed by atoms with Crippen LogP contribution < -0.4 is 5.32 Å². The molecule has 0 saturated carbocycles. The first kappa shape index (κ1) is 14.2. The molecule has 6 heteroatoms. The summed E-state index contributed by atoms with van der Waals surface area (Å²) >= 11 is 5.63. The lowest BCUT2D eigenvalue weighted by molar-refractivity contribution is 0.0931. The van der Waals surface area contributed by atoms with Gasteiger partial charge in [-0.1, -0.05) is 18.5 Å². The molecule has 1 aliphatic rings. The molecule has 19 heavy (non-hydrogen) atoms. The van der Waals surface area contributed by atoms with Gasteiger partial charge >= 0.3 is 0 Å². The number of hydrogen-bond donors (Lipinski definition) is 1. The predicted octanol–water partition coefficient (Wildman–Crippen LogP) is 1.59. The molecule has 1 saturated heterocycles. The van der Waals surface area contributed by atoms with Gasteiger partial charge in [0.05, 0.1) is 12.4 Å². The van der Waals surface area contributed by atoms with Crippen molar-refractivity contribution in [1.29, 1.82) is 0 Å². The van der Waals surface area contributed by atoms with Gasteiger partial charge in [-0.2, -0.15) is 0 Å². The number of likely N-dealkylation sites (tertiary alicyclic amines) is 1. The molecule has 1 aliphatic heterocycles. The predicted molar refractivity (Wildman–Crippen MR) is 74.2 cm³/mol. The fourth-order valence-corrected chi connectivity index (χ4v) is 2.36. The van der Waals surface area contributed by atoms with E-state index < -0.39 is 0 Å². The van der Waals surface area contributed by atoms with E-state index in [0.717, 1.165) is 32.5 Å². The summed E-state index contributed by atoms with van der Waals surface area (Å²) in [6, 6.07) is 0. The minimum absolute atomic E-state index is 0.179. The second kappa shape index (κ2) is 6.82. The van der Waals surface area contributed by atoms with Crippen molar-refractivity contribution in [2.75, 3.05) is 26.2 Å². The van der Waals surface area contributed by atoms with Crippen molar-refractivity contribution in [2.45, 2.75) is 19.8 Å². The molecule has 1 N–H and O–H groups in total. The van der Waals surface area contributed by atoms with Crippen LogP contribution in [0.3, 0.4) is 0 Å². The van der Waals surface area contributed by atoms with Crippen LogP contribution in [-0.4, -0.2) is 47.0 Å². The molecule has 1 aromatic heterocycles. The zero-order chi connectivity index (χ0) is 13.7. The van der Waals surface area contributed by atoms with E-state index in [1.165, 1.54) is 12.4 Å². The van der Waals surface area contributed by atoms with Crippen molar-refractivity contribution >= 4 is 17.5 Å². The lowest BCUT2D eigenvalue weighted by Gasteiger charge is -2.30. The molecule has 0 unspecified atom stereocenters. The minimum Gasteiger partial charge on any atom is -0.350 e. The Bertz CT molecular complexity index is 415. The lowest BCUT2D eigenvalue weighted by atomic mass is 9.97. The smallest absolute Gasteiger partial charge is 0.271 e. The van der Waals surface area contributed by atoms with Gasteiger partial charge in [0.1, 0.15) is 10.8 Å². The summed E-state index contributed by atoms with van der Waals surface area (Å²) in [4.78, 5) is 22.1. The fraction of sp³-hybridized carbons (Fsp3) is 0.615. The summed E-state index contributed by atoms with van der Waals surface area (Å²) in [5, 5.41) is 3.21. The molecule has 5 nitrogen and oxygen atoms in total. The van der Waals surface area contributed by atoms with Gasteiger partial charge in [-0.3, -0.25) is 4.79 Å². The Morgan fingerprint density at radius 2 is 2.16 bits per heavy atom. The van der Waals surface area contributed by atoms with Crippen LogP contribution >= 0.6 is 11.6 Å². The highest BCUT2D eigenvalue weighted by atomic mass is 35.5. The Kier molecular flexibility index (Phi) is 5.10. The topological polar surface area (TPSA) is 58.1 Å². The third-order valence-electron chi connectivity index (χ3n) is 3.56. The number of rotatable bonds is 4.